The van der Waals surface area contributed by atoms with Crippen LogP contribution in [0.4, 0.5) is 0 Å². The summed E-state index contributed by atoms with van der Waals surface area (Å²) in [6.07, 6.45) is 4.81. The summed E-state index contributed by atoms with van der Waals surface area (Å²) in [5.74, 6) is -3.16. The Morgan fingerprint density at radius 3 is 2.00 bits per heavy atom. The third-order valence-electron chi connectivity index (χ3n) is 4.69. The van der Waals surface area contributed by atoms with E-state index < -0.39 is 11.9 Å². The smallest absolute Gasteiger partial charge is 0.414 e. The largest absolute Gasteiger partial charge is 0.494 e. The summed E-state index contributed by atoms with van der Waals surface area (Å²) in [4.78, 5) is 34.5. The zero-order valence-corrected chi connectivity index (χ0v) is 17.7. The summed E-state index contributed by atoms with van der Waals surface area (Å²) in [5.41, 5.74) is 0.550. The lowest BCUT2D eigenvalue weighted by molar-refractivity contribution is -0.159. The number of carboxylic acid groups (broad SMARTS) is 2. The third kappa shape index (κ3) is 10.8. The number of benzene rings is 1. The van der Waals surface area contributed by atoms with Gasteiger partial charge in [0.05, 0.1) is 19.3 Å². The van der Waals surface area contributed by atoms with Crippen molar-refractivity contribution in [1.82, 2.24) is 9.80 Å². The number of aliphatic carboxylic acids is 2. The van der Waals surface area contributed by atoms with Gasteiger partial charge in [0, 0.05) is 26.2 Å². The van der Waals surface area contributed by atoms with Crippen molar-refractivity contribution in [3.05, 3.63) is 29.8 Å². The number of rotatable bonds is 9. The van der Waals surface area contributed by atoms with Gasteiger partial charge in [0.15, 0.2) is 0 Å². The van der Waals surface area contributed by atoms with Gasteiger partial charge in [-0.2, -0.15) is 0 Å². The van der Waals surface area contributed by atoms with Gasteiger partial charge in [-0.1, -0.05) is 12.8 Å². The highest BCUT2D eigenvalue weighted by Crippen LogP contribution is 2.14. The Morgan fingerprint density at radius 1 is 0.900 bits per heavy atom. The third-order valence-corrected chi connectivity index (χ3v) is 4.69. The fourth-order valence-corrected chi connectivity index (χ4v) is 2.86. The molecule has 1 saturated heterocycles. The van der Waals surface area contributed by atoms with Gasteiger partial charge < -0.3 is 29.5 Å². The minimum atomic E-state index is -1.82. The van der Waals surface area contributed by atoms with Crippen molar-refractivity contribution >= 4 is 17.9 Å². The molecular weight excluding hydrogens is 392 g/mol. The van der Waals surface area contributed by atoms with Crippen LogP contribution in [0.15, 0.2) is 24.3 Å². The number of ether oxygens (including phenoxy) is 2. The van der Waals surface area contributed by atoms with Crippen molar-refractivity contribution in [2.75, 3.05) is 53.5 Å². The molecule has 1 fully saturated rings. The van der Waals surface area contributed by atoms with Gasteiger partial charge in [-0.05, 0) is 50.7 Å². The second-order valence-electron chi connectivity index (χ2n) is 7.03. The number of likely N-dealkylation sites (N-methyl/N-ethyl adjacent to an activating group) is 1. The SMILES string of the molecule is COC(=O)c1ccc(OCCCCCCN2CCN(C)CC2)cc1.O=C(O)C(=O)O. The number of esters is 1. The number of hydrogen-bond acceptors (Lipinski definition) is 7. The zero-order valence-electron chi connectivity index (χ0n) is 17.7. The number of carbonyl (C=O) groups excluding carboxylic acids is 1. The van der Waals surface area contributed by atoms with Crippen LogP contribution in [0.1, 0.15) is 36.0 Å². The van der Waals surface area contributed by atoms with E-state index in [-0.39, 0.29) is 5.97 Å². The highest BCUT2D eigenvalue weighted by molar-refractivity contribution is 6.27. The van der Waals surface area contributed by atoms with Crippen LogP contribution in [0.5, 0.6) is 5.75 Å². The van der Waals surface area contributed by atoms with Crippen LogP contribution in [0.2, 0.25) is 0 Å². The highest BCUT2D eigenvalue weighted by atomic mass is 16.5. The molecule has 9 nitrogen and oxygen atoms in total. The van der Waals surface area contributed by atoms with Gasteiger partial charge in [0.25, 0.3) is 0 Å². The van der Waals surface area contributed by atoms with Crippen LogP contribution in [0.25, 0.3) is 0 Å². The predicted molar refractivity (Wildman–Crippen MR) is 111 cm³/mol. The minimum absolute atomic E-state index is 0.318. The number of hydrogen-bond donors (Lipinski definition) is 2. The van der Waals surface area contributed by atoms with Gasteiger partial charge in [-0.25, -0.2) is 14.4 Å². The Morgan fingerprint density at radius 2 is 1.47 bits per heavy atom. The van der Waals surface area contributed by atoms with Crippen LogP contribution < -0.4 is 4.74 Å². The molecule has 1 aromatic rings. The van der Waals surface area contributed by atoms with Crippen molar-refractivity contribution in [2.24, 2.45) is 0 Å². The molecule has 2 N–H and O–H groups in total. The summed E-state index contributed by atoms with van der Waals surface area (Å²) >= 11 is 0. The van der Waals surface area contributed by atoms with Crippen LogP contribution in [-0.2, 0) is 14.3 Å². The molecule has 1 aliphatic rings. The molecule has 0 atom stereocenters. The normalized spacial score (nSPS) is 14.3. The van der Waals surface area contributed by atoms with E-state index in [1.54, 1.807) is 12.1 Å². The Bertz CT molecular complexity index is 644. The number of unbranched alkanes of at least 4 members (excludes halogenated alkanes) is 3. The number of methoxy groups -OCH3 is 1. The molecule has 0 spiro atoms. The van der Waals surface area contributed by atoms with Gasteiger partial charge >= 0.3 is 17.9 Å². The first-order valence-corrected chi connectivity index (χ1v) is 10.0. The van der Waals surface area contributed by atoms with E-state index in [2.05, 4.69) is 21.6 Å². The van der Waals surface area contributed by atoms with E-state index in [1.165, 1.54) is 59.1 Å². The molecule has 0 bridgehead atoms. The summed E-state index contributed by atoms with van der Waals surface area (Å²) < 4.78 is 10.4. The molecule has 0 unspecified atom stereocenters. The molecule has 0 saturated carbocycles. The number of nitrogens with zero attached hydrogens (tertiary/aromatic N) is 2. The Hall–Kier alpha value is -2.65. The molecule has 1 heterocycles. The number of carboxylic acids is 2. The highest BCUT2D eigenvalue weighted by Gasteiger charge is 2.12. The van der Waals surface area contributed by atoms with E-state index >= 15 is 0 Å². The molecule has 30 heavy (non-hydrogen) atoms. The molecule has 0 radical (unpaired) electrons. The molecule has 0 amide bonds. The average Bonchev–Trinajstić information content (AvgIpc) is 2.74. The summed E-state index contributed by atoms with van der Waals surface area (Å²) in [7, 11) is 3.58. The fraction of sp³-hybridized carbons (Fsp3) is 0.571. The van der Waals surface area contributed by atoms with Crippen molar-refractivity contribution in [3.8, 4) is 5.75 Å². The van der Waals surface area contributed by atoms with Crippen molar-refractivity contribution < 1.29 is 34.1 Å². The Balaban J connectivity index is 0.000000656. The van der Waals surface area contributed by atoms with Gasteiger partial charge in [-0.3, -0.25) is 0 Å². The summed E-state index contributed by atoms with van der Waals surface area (Å²) in [6, 6.07) is 7.10. The van der Waals surface area contributed by atoms with Crippen LogP contribution in [0, 0.1) is 0 Å². The van der Waals surface area contributed by atoms with E-state index in [9.17, 15) is 4.79 Å². The molecule has 2 rings (SSSR count). The van der Waals surface area contributed by atoms with Crippen molar-refractivity contribution in [3.63, 3.8) is 0 Å². The molecule has 168 valence electrons. The molecule has 0 aliphatic carbocycles. The van der Waals surface area contributed by atoms with E-state index in [1.807, 2.05) is 12.1 Å². The fourth-order valence-electron chi connectivity index (χ4n) is 2.86. The minimum Gasteiger partial charge on any atom is -0.494 e. The lowest BCUT2D eigenvalue weighted by atomic mass is 10.2. The monoisotopic (exact) mass is 424 g/mol. The molecule has 1 aliphatic heterocycles. The predicted octanol–water partition coefficient (Wildman–Crippen LogP) is 1.82. The van der Waals surface area contributed by atoms with Crippen molar-refractivity contribution in [2.45, 2.75) is 25.7 Å². The summed E-state index contributed by atoms with van der Waals surface area (Å²) in [6.45, 7) is 6.77. The molecule has 1 aromatic carbocycles. The number of carbonyl (C=O) groups is 3. The quantitative estimate of drug-likeness (QED) is 0.348. The Kier molecular flexibility index (Phi) is 12.1. The van der Waals surface area contributed by atoms with Crippen LogP contribution in [0.3, 0.4) is 0 Å². The van der Waals surface area contributed by atoms with Gasteiger partial charge in [-0.15, -0.1) is 0 Å². The van der Waals surface area contributed by atoms with Gasteiger partial charge in [0.2, 0.25) is 0 Å². The molecule has 0 aromatic heterocycles. The second-order valence-corrected chi connectivity index (χ2v) is 7.03. The zero-order chi connectivity index (χ0) is 22.4. The first-order chi connectivity index (χ1) is 14.3. The lowest BCUT2D eigenvalue weighted by Gasteiger charge is -2.32. The maximum atomic E-state index is 11.3. The molecule has 9 heteroatoms. The Labute approximate surface area is 177 Å². The van der Waals surface area contributed by atoms with Crippen LogP contribution in [-0.4, -0.2) is 91.4 Å². The second kappa shape index (κ2) is 14.4. The standard InChI is InChI=1S/C19H30N2O3.C2H2O4/c1-20-12-14-21(15-13-20)11-5-3-4-6-16-24-18-9-7-17(8-10-18)19(22)23-2;3-1(4)2(5)6/h7-10H,3-6,11-16H2,1-2H3;(H,3,4)(H,5,6). The topological polar surface area (TPSA) is 117 Å². The maximum absolute atomic E-state index is 11.3. The van der Waals surface area contributed by atoms with Gasteiger partial charge in [0.1, 0.15) is 5.75 Å². The lowest BCUT2D eigenvalue weighted by Crippen LogP contribution is -2.44. The van der Waals surface area contributed by atoms with Crippen LogP contribution >= 0.6 is 0 Å². The first-order valence-electron chi connectivity index (χ1n) is 10.0. The number of piperazine rings is 1. The maximum Gasteiger partial charge on any atom is 0.414 e. The molecular formula is C21H32N2O7. The van der Waals surface area contributed by atoms with Crippen molar-refractivity contribution in [1.29, 1.82) is 0 Å². The first kappa shape index (κ1) is 25.4. The summed E-state index contributed by atoms with van der Waals surface area (Å²) in [5, 5.41) is 14.8. The van der Waals surface area contributed by atoms with E-state index in [4.69, 9.17) is 24.5 Å². The van der Waals surface area contributed by atoms with E-state index in [0.29, 0.717) is 5.56 Å². The van der Waals surface area contributed by atoms with E-state index in [0.717, 1.165) is 18.8 Å². The average molecular weight is 424 g/mol.